The Morgan fingerprint density at radius 2 is 2.00 bits per heavy atom. The Labute approximate surface area is 75.6 Å². The fourth-order valence-electron chi connectivity index (χ4n) is 1.83. The van der Waals surface area contributed by atoms with E-state index >= 15 is 0 Å². The van der Waals surface area contributed by atoms with Crippen LogP contribution in [0.15, 0.2) is 0 Å². The zero-order valence-electron chi connectivity index (χ0n) is 8.67. The maximum absolute atomic E-state index is 9.79. The molecule has 1 unspecified atom stereocenters. The van der Waals surface area contributed by atoms with Gasteiger partial charge in [-0.05, 0) is 40.7 Å². The quantitative estimate of drug-likeness (QED) is 0.680. The molecule has 1 atom stereocenters. The molecule has 0 aromatic carbocycles. The predicted molar refractivity (Wildman–Crippen MR) is 51.1 cm³/mol. The van der Waals surface area contributed by atoms with E-state index in [1.807, 2.05) is 13.8 Å². The van der Waals surface area contributed by atoms with Crippen molar-refractivity contribution >= 4 is 0 Å². The van der Waals surface area contributed by atoms with Crippen molar-refractivity contribution in [3.63, 3.8) is 0 Å². The van der Waals surface area contributed by atoms with Gasteiger partial charge in [0.15, 0.2) is 0 Å². The zero-order chi connectivity index (χ0) is 9.35. The lowest BCUT2D eigenvalue weighted by molar-refractivity contribution is 0.0199. The minimum Gasteiger partial charge on any atom is -0.390 e. The highest BCUT2D eigenvalue weighted by atomic mass is 16.3. The third kappa shape index (κ3) is 2.20. The Morgan fingerprint density at radius 1 is 1.42 bits per heavy atom. The van der Waals surface area contributed by atoms with Crippen molar-refractivity contribution < 1.29 is 5.11 Å². The van der Waals surface area contributed by atoms with E-state index in [0.29, 0.717) is 12.0 Å². The predicted octanol–water partition coefficient (Wildman–Crippen LogP) is 1.49. The summed E-state index contributed by atoms with van der Waals surface area (Å²) in [5.74, 6) is 0.458. The maximum Gasteiger partial charge on any atom is 0.0632 e. The van der Waals surface area contributed by atoms with Crippen molar-refractivity contribution in [2.75, 3.05) is 13.1 Å². The van der Waals surface area contributed by atoms with Gasteiger partial charge in [-0.3, -0.25) is 0 Å². The molecule has 0 aromatic rings. The molecule has 2 nitrogen and oxygen atoms in total. The van der Waals surface area contributed by atoms with Gasteiger partial charge in [0.25, 0.3) is 0 Å². The van der Waals surface area contributed by atoms with Gasteiger partial charge in [0.2, 0.25) is 0 Å². The first-order chi connectivity index (χ1) is 5.41. The molecule has 0 aliphatic carbocycles. The summed E-state index contributed by atoms with van der Waals surface area (Å²) >= 11 is 0. The van der Waals surface area contributed by atoms with Gasteiger partial charge in [0.1, 0.15) is 0 Å². The average molecular weight is 171 g/mol. The highest BCUT2D eigenvalue weighted by Gasteiger charge is 2.33. The van der Waals surface area contributed by atoms with E-state index in [4.69, 9.17) is 0 Å². The normalized spacial score (nSPS) is 27.0. The number of nitrogens with zero attached hydrogens (tertiary/aromatic N) is 1. The minimum atomic E-state index is -0.496. The van der Waals surface area contributed by atoms with Gasteiger partial charge < -0.3 is 10.0 Å². The third-order valence-corrected chi connectivity index (χ3v) is 2.95. The number of hydrogen-bond donors (Lipinski definition) is 1. The summed E-state index contributed by atoms with van der Waals surface area (Å²) in [5.41, 5.74) is -0.496. The second-order valence-electron chi connectivity index (χ2n) is 4.73. The van der Waals surface area contributed by atoms with Gasteiger partial charge in [-0.15, -0.1) is 0 Å². The van der Waals surface area contributed by atoms with Gasteiger partial charge in [-0.2, -0.15) is 0 Å². The van der Waals surface area contributed by atoms with Crippen LogP contribution in [0, 0.1) is 5.92 Å². The monoisotopic (exact) mass is 171 g/mol. The molecule has 1 N–H and O–H groups in total. The summed E-state index contributed by atoms with van der Waals surface area (Å²) in [7, 11) is 0. The summed E-state index contributed by atoms with van der Waals surface area (Å²) in [4.78, 5) is 2.43. The fraction of sp³-hybridized carbons (Fsp3) is 1.00. The summed E-state index contributed by atoms with van der Waals surface area (Å²) in [6.07, 6.45) is 1.14. The molecule has 1 rings (SSSR count). The lowest BCUT2D eigenvalue weighted by Crippen LogP contribution is -2.35. The van der Waals surface area contributed by atoms with Crippen molar-refractivity contribution in [3.8, 4) is 0 Å². The molecule has 1 fully saturated rings. The largest absolute Gasteiger partial charge is 0.390 e. The molecule has 1 saturated heterocycles. The minimum absolute atomic E-state index is 0.458. The van der Waals surface area contributed by atoms with Crippen molar-refractivity contribution in [2.45, 2.75) is 45.8 Å². The van der Waals surface area contributed by atoms with Gasteiger partial charge in [-0.1, -0.05) is 0 Å². The van der Waals surface area contributed by atoms with Gasteiger partial charge in [-0.25, -0.2) is 0 Å². The van der Waals surface area contributed by atoms with E-state index in [2.05, 4.69) is 18.7 Å². The molecule has 0 aromatic heterocycles. The molecular formula is C10H21NO. The highest BCUT2D eigenvalue weighted by molar-refractivity contribution is 4.87. The molecule has 72 valence electrons. The summed E-state index contributed by atoms with van der Waals surface area (Å²) < 4.78 is 0. The fourth-order valence-corrected chi connectivity index (χ4v) is 1.83. The number of likely N-dealkylation sites (tertiary alicyclic amines) is 1. The van der Waals surface area contributed by atoms with Gasteiger partial charge in [0.05, 0.1) is 5.60 Å². The average Bonchev–Trinajstić information content (AvgIpc) is 2.30. The molecular weight excluding hydrogens is 150 g/mol. The Balaban J connectivity index is 2.46. The Bertz CT molecular complexity index is 148. The number of rotatable bonds is 2. The molecule has 1 heterocycles. The molecule has 1 aliphatic heterocycles. The molecule has 1 aliphatic rings. The van der Waals surface area contributed by atoms with E-state index < -0.39 is 5.60 Å². The molecule has 0 bridgehead atoms. The second kappa shape index (κ2) is 3.35. The van der Waals surface area contributed by atoms with E-state index in [1.165, 1.54) is 0 Å². The zero-order valence-corrected chi connectivity index (χ0v) is 8.67. The molecule has 2 heteroatoms. The van der Waals surface area contributed by atoms with Crippen LogP contribution < -0.4 is 0 Å². The first-order valence-corrected chi connectivity index (χ1v) is 4.87. The summed E-state index contributed by atoms with van der Waals surface area (Å²) in [6, 6.07) is 0.623. The lowest BCUT2D eigenvalue weighted by atomic mass is 9.90. The topological polar surface area (TPSA) is 23.5 Å². The van der Waals surface area contributed by atoms with E-state index in [0.717, 1.165) is 19.5 Å². The SMILES string of the molecule is CC(C)N1CCC(C(C)(C)O)C1. The van der Waals surface area contributed by atoms with Crippen molar-refractivity contribution in [1.82, 2.24) is 4.90 Å². The summed E-state index contributed by atoms with van der Waals surface area (Å²) in [6.45, 7) is 10.5. The molecule has 0 radical (unpaired) electrons. The third-order valence-electron chi connectivity index (χ3n) is 2.95. The van der Waals surface area contributed by atoms with Crippen molar-refractivity contribution in [1.29, 1.82) is 0 Å². The lowest BCUT2D eigenvalue weighted by Gasteiger charge is -2.26. The first-order valence-electron chi connectivity index (χ1n) is 4.87. The van der Waals surface area contributed by atoms with E-state index in [9.17, 15) is 5.11 Å². The number of hydrogen-bond acceptors (Lipinski definition) is 2. The molecule has 0 spiro atoms. The van der Waals surface area contributed by atoms with E-state index in [-0.39, 0.29) is 0 Å². The summed E-state index contributed by atoms with van der Waals surface area (Å²) in [5, 5.41) is 9.79. The second-order valence-corrected chi connectivity index (χ2v) is 4.73. The number of aliphatic hydroxyl groups is 1. The standard InChI is InChI=1S/C10H21NO/c1-8(2)11-6-5-9(7-11)10(3,4)12/h8-9,12H,5-7H2,1-4H3. The van der Waals surface area contributed by atoms with Crippen LogP contribution in [0.2, 0.25) is 0 Å². The van der Waals surface area contributed by atoms with Crippen LogP contribution in [-0.2, 0) is 0 Å². The first kappa shape index (κ1) is 10.0. The van der Waals surface area contributed by atoms with Crippen LogP contribution >= 0.6 is 0 Å². The highest BCUT2D eigenvalue weighted by Crippen LogP contribution is 2.27. The maximum atomic E-state index is 9.79. The van der Waals surface area contributed by atoms with Gasteiger partial charge >= 0.3 is 0 Å². The van der Waals surface area contributed by atoms with Crippen LogP contribution in [0.3, 0.4) is 0 Å². The van der Waals surface area contributed by atoms with Crippen LogP contribution in [0.5, 0.6) is 0 Å². The molecule has 0 saturated carbocycles. The van der Waals surface area contributed by atoms with Crippen LogP contribution in [0.25, 0.3) is 0 Å². The Kier molecular flexibility index (Phi) is 2.79. The Hall–Kier alpha value is -0.0800. The molecule has 0 amide bonds. The van der Waals surface area contributed by atoms with Crippen LogP contribution in [-0.4, -0.2) is 34.7 Å². The van der Waals surface area contributed by atoms with Crippen molar-refractivity contribution in [3.05, 3.63) is 0 Å². The Morgan fingerprint density at radius 3 is 2.25 bits per heavy atom. The smallest absolute Gasteiger partial charge is 0.0632 e. The van der Waals surface area contributed by atoms with E-state index in [1.54, 1.807) is 0 Å². The van der Waals surface area contributed by atoms with Crippen molar-refractivity contribution in [2.24, 2.45) is 5.92 Å². The molecule has 12 heavy (non-hydrogen) atoms. The van der Waals surface area contributed by atoms with Crippen LogP contribution in [0.4, 0.5) is 0 Å². The van der Waals surface area contributed by atoms with Crippen LogP contribution in [0.1, 0.15) is 34.1 Å². The van der Waals surface area contributed by atoms with Gasteiger partial charge in [0, 0.05) is 18.5 Å².